The molecule has 0 rings (SSSR count). The zero-order valence-electron chi connectivity index (χ0n) is 16.0. The van der Waals surface area contributed by atoms with E-state index in [1.807, 2.05) is 6.92 Å². The summed E-state index contributed by atoms with van der Waals surface area (Å²) in [5.74, 6) is -1.04. The summed E-state index contributed by atoms with van der Waals surface area (Å²) in [7, 11) is 1.33. The minimum absolute atomic E-state index is 0.330. The van der Waals surface area contributed by atoms with Gasteiger partial charge in [0.05, 0.1) is 20.3 Å². The zero-order valence-corrected chi connectivity index (χ0v) is 16.0. The number of methoxy groups -OCH3 is 1. The molecule has 0 saturated carbocycles. The Hall–Kier alpha value is -2.63. The van der Waals surface area contributed by atoms with Crippen LogP contribution >= 0.6 is 0 Å². The smallest absolute Gasteiger partial charge is 0.332 e. The Morgan fingerprint density at radius 2 is 1.40 bits per heavy atom. The fourth-order valence-corrected chi connectivity index (χ4v) is 0.751. The number of hydrogen-bond donors (Lipinski definition) is 0. The number of ether oxygens (including phenoxy) is 3. The minimum atomic E-state index is -0.359. The van der Waals surface area contributed by atoms with Gasteiger partial charge in [0.25, 0.3) is 0 Å². The molecule has 0 unspecified atom stereocenters. The van der Waals surface area contributed by atoms with E-state index in [0.29, 0.717) is 18.8 Å². The fraction of sp³-hybridized carbons (Fsp3) is 0.421. The molecule has 0 radical (unpaired) electrons. The predicted molar refractivity (Wildman–Crippen MR) is 101 cm³/mol. The van der Waals surface area contributed by atoms with Crippen LogP contribution in [0.3, 0.4) is 0 Å². The van der Waals surface area contributed by atoms with Crippen LogP contribution in [0.1, 0.15) is 33.6 Å². The standard InChI is InChI=1S/C7H12O2.2C5H8O2.C2H4/c1-3-5-6-9-7(8)4-2;1-4(2)5(6)7-3;1-3-5(6)7-4-2;1-2/h4H,2-3,5-6H2,1H3;1H2,2-3H3;3H,1,4H2,2H3;1-2H2. The van der Waals surface area contributed by atoms with Gasteiger partial charge in [0.15, 0.2) is 0 Å². The summed E-state index contributed by atoms with van der Waals surface area (Å²) in [5, 5.41) is 0. The normalized spacial score (nSPS) is 7.52. The number of esters is 3. The Morgan fingerprint density at radius 1 is 0.960 bits per heavy atom. The Bertz CT molecular complexity index is 397. The van der Waals surface area contributed by atoms with Gasteiger partial charge in [-0.15, -0.1) is 13.2 Å². The lowest BCUT2D eigenvalue weighted by Gasteiger charge is -1.97. The van der Waals surface area contributed by atoms with Gasteiger partial charge in [-0.05, 0) is 20.3 Å². The van der Waals surface area contributed by atoms with Crippen LogP contribution in [-0.2, 0) is 28.6 Å². The van der Waals surface area contributed by atoms with Gasteiger partial charge in [-0.1, -0.05) is 33.1 Å². The summed E-state index contributed by atoms with van der Waals surface area (Å²) < 4.78 is 13.4. The van der Waals surface area contributed by atoms with Crippen molar-refractivity contribution in [2.75, 3.05) is 20.3 Å². The van der Waals surface area contributed by atoms with Crippen LogP contribution in [0.2, 0.25) is 0 Å². The second-order valence-electron chi connectivity index (χ2n) is 3.95. The Balaban J connectivity index is -0.000000127. The molecule has 6 nitrogen and oxygen atoms in total. The molecule has 0 aromatic carbocycles. The Labute approximate surface area is 151 Å². The molecule has 144 valence electrons. The molecule has 0 N–H and O–H groups in total. The first-order valence-corrected chi connectivity index (χ1v) is 7.62. The van der Waals surface area contributed by atoms with E-state index < -0.39 is 0 Å². The first-order valence-electron chi connectivity index (χ1n) is 7.62. The van der Waals surface area contributed by atoms with E-state index in [0.717, 1.165) is 18.9 Å². The monoisotopic (exact) mass is 356 g/mol. The van der Waals surface area contributed by atoms with Crippen molar-refractivity contribution < 1.29 is 28.6 Å². The molecule has 0 fully saturated rings. The maximum absolute atomic E-state index is 10.3. The van der Waals surface area contributed by atoms with Crippen molar-refractivity contribution in [2.24, 2.45) is 0 Å². The van der Waals surface area contributed by atoms with Crippen molar-refractivity contribution in [2.45, 2.75) is 33.6 Å². The number of unbranched alkanes of at least 4 members (excludes halogenated alkanes) is 1. The lowest BCUT2D eigenvalue weighted by Crippen LogP contribution is -2.00. The predicted octanol–water partition coefficient (Wildman–Crippen LogP) is 3.79. The van der Waals surface area contributed by atoms with Crippen molar-refractivity contribution >= 4 is 17.9 Å². The SMILES string of the molecule is C=C.C=C(C)C(=O)OC.C=CC(=O)OCC.C=CC(=O)OCCCC. The summed E-state index contributed by atoms with van der Waals surface area (Å²) in [6.45, 7) is 22.2. The van der Waals surface area contributed by atoms with Crippen LogP contribution in [-0.4, -0.2) is 38.2 Å². The highest BCUT2D eigenvalue weighted by Gasteiger charge is 1.95. The summed E-state index contributed by atoms with van der Waals surface area (Å²) >= 11 is 0. The van der Waals surface area contributed by atoms with E-state index in [9.17, 15) is 14.4 Å². The number of hydrogen-bond acceptors (Lipinski definition) is 6. The summed E-state index contributed by atoms with van der Waals surface area (Å²) in [6.07, 6.45) is 4.29. The lowest BCUT2D eigenvalue weighted by atomic mass is 10.4. The highest BCUT2D eigenvalue weighted by molar-refractivity contribution is 5.86. The maximum atomic E-state index is 10.3. The summed E-state index contributed by atoms with van der Waals surface area (Å²) in [5.41, 5.74) is 0.433. The molecule has 0 bridgehead atoms. The molecule has 0 atom stereocenters. The molecule has 6 heteroatoms. The highest BCUT2D eigenvalue weighted by atomic mass is 16.5. The van der Waals surface area contributed by atoms with Crippen LogP contribution in [0.4, 0.5) is 0 Å². The van der Waals surface area contributed by atoms with Crippen LogP contribution in [0.5, 0.6) is 0 Å². The second-order valence-corrected chi connectivity index (χ2v) is 3.95. The van der Waals surface area contributed by atoms with Crippen LogP contribution in [0.25, 0.3) is 0 Å². The van der Waals surface area contributed by atoms with Crippen molar-refractivity contribution in [3.63, 3.8) is 0 Å². The molecule has 0 aromatic heterocycles. The molecule has 0 spiro atoms. The van der Waals surface area contributed by atoms with E-state index in [4.69, 9.17) is 0 Å². The number of carbonyl (C=O) groups is 3. The van der Waals surface area contributed by atoms with Crippen LogP contribution in [0, 0.1) is 0 Å². The lowest BCUT2D eigenvalue weighted by molar-refractivity contribution is -0.138. The van der Waals surface area contributed by atoms with E-state index in [2.05, 4.69) is 47.1 Å². The fourth-order valence-electron chi connectivity index (χ4n) is 0.751. The Kier molecular flexibility index (Phi) is 31.8. The van der Waals surface area contributed by atoms with Crippen molar-refractivity contribution in [1.82, 2.24) is 0 Å². The molecule has 0 aliphatic carbocycles. The molecule has 0 aliphatic heterocycles. The van der Waals surface area contributed by atoms with Gasteiger partial charge in [0.1, 0.15) is 0 Å². The summed E-state index contributed by atoms with van der Waals surface area (Å²) in [4.78, 5) is 30.6. The van der Waals surface area contributed by atoms with Gasteiger partial charge in [-0.25, -0.2) is 14.4 Å². The van der Waals surface area contributed by atoms with Gasteiger partial charge < -0.3 is 14.2 Å². The minimum Gasteiger partial charge on any atom is -0.466 e. The molecule has 0 amide bonds. The quantitative estimate of drug-likeness (QED) is 0.227. The van der Waals surface area contributed by atoms with E-state index >= 15 is 0 Å². The van der Waals surface area contributed by atoms with Crippen molar-refractivity contribution in [3.05, 3.63) is 50.6 Å². The maximum Gasteiger partial charge on any atom is 0.332 e. The molecule has 0 aliphatic rings. The Morgan fingerprint density at radius 3 is 1.60 bits per heavy atom. The highest BCUT2D eigenvalue weighted by Crippen LogP contribution is 1.88. The molecule has 0 heterocycles. The van der Waals surface area contributed by atoms with E-state index in [1.165, 1.54) is 13.2 Å². The average molecular weight is 356 g/mol. The molecule has 0 aromatic rings. The van der Waals surface area contributed by atoms with Gasteiger partial charge in [-0.2, -0.15) is 0 Å². The zero-order chi connectivity index (χ0) is 20.7. The van der Waals surface area contributed by atoms with Gasteiger partial charge in [-0.3, -0.25) is 0 Å². The molecule has 0 saturated heterocycles. The number of rotatable bonds is 7. The third-order valence-corrected chi connectivity index (χ3v) is 1.90. The van der Waals surface area contributed by atoms with Crippen molar-refractivity contribution in [3.8, 4) is 0 Å². The largest absolute Gasteiger partial charge is 0.466 e. The van der Waals surface area contributed by atoms with Crippen molar-refractivity contribution in [1.29, 1.82) is 0 Å². The number of carbonyl (C=O) groups excluding carboxylic acids is 3. The van der Waals surface area contributed by atoms with Crippen LogP contribution < -0.4 is 0 Å². The second kappa shape index (κ2) is 26.3. The molecular formula is C19H32O6. The first-order chi connectivity index (χ1) is 11.8. The topological polar surface area (TPSA) is 78.9 Å². The third-order valence-electron chi connectivity index (χ3n) is 1.90. The van der Waals surface area contributed by atoms with Crippen LogP contribution in [0.15, 0.2) is 50.6 Å². The average Bonchev–Trinajstić information content (AvgIpc) is 2.63. The molecule has 25 heavy (non-hydrogen) atoms. The van der Waals surface area contributed by atoms with E-state index in [1.54, 1.807) is 13.8 Å². The first kappa shape index (κ1) is 30.3. The third kappa shape index (κ3) is 33.9. The van der Waals surface area contributed by atoms with Gasteiger partial charge >= 0.3 is 17.9 Å². The van der Waals surface area contributed by atoms with E-state index in [-0.39, 0.29) is 17.9 Å². The molecular weight excluding hydrogens is 324 g/mol. The van der Waals surface area contributed by atoms with Gasteiger partial charge in [0.2, 0.25) is 0 Å². The van der Waals surface area contributed by atoms with Gasteiger partial charge in [0, 0.05) is 17.7 Å². The summed E-state index contributed by atoms with van der Waals surface area (Å²) in [6, 6.07) is 0.